The molecule has 1 aromatic carbocycles. The molecule has 1 aromatic rings. The second-order valence-electron chi connectivity index (χ2n) is 7.27. The minimum atomic E-state index is -3.20. The van der Waals surface area contributed by atoms with E-state index in [1.54, 1.807) is 27.8 Å². The fraction of sp³-hybridized carbons (Fsp3) is 0.588. The van der Waals surface area contributed by atoms with Crippen molar-refractivity contribution in [3.05, 3.63) is 35.4 Å². The van der Waals surface area contributed by atoms with Crippen LogP contribution in [0.2, 0.25) is 0 Å². The number of benzene rings is 1. The molecule has 0 aliphatic rings. The van der Waals surface area contributed by atoms with Crippen LogP contribution in [0.15, 0.2) is 24.3 Å². The zero-order valence-corrected chi connectivity index (χ0v) is 18.2. The van der Waals surface area contributed by atoms with E-state index in [1.807, 2.05) is 24.3 Å². The van der Waals surface area contributed by atoms with Crippen LogP contribution in [0.4, 0.5) is 4.79 Å². The highest BCUT2D eigenvalue weighted by molar-refractivity contribution is 8.59. The second-order valence-corrected chi connectivity index (χ2v) is 12.4. The quantitative estimate of drug-likeness (QED) is 0.522. The lowest BCUT2D eigenvalue weighted by molar-refractivity contribution is 0.0228. The fourth-order valence-corrected chi connectivity index (χ4v) is 3.32. The van der Waals surface area contributed by atoms with Gasteiger partial charge in [-0.05, 0) is 49.6 Å². The predicted molar refractivity (Wildman–Crippen MR) is 109 cm³/mol. The van der Waals surface area contributed by atoms with Crippen LogP contribution < -0.4 is 0 Å². The summed E-state index contributed by atoms with van der Waals surface area (Å²) in [5.41, 5.74) is -1.83. The molecule has 1 amide bonds. The molecule has 8 heteroatoms. The molecule has 0 saturated carbocycles. The third kappa shape index (κ3) is 8.56. The Morgan fingerprint density at radius 1 is 1.36 bits per heavy atom. The molecule has 142 valence electrons. The number of likely N-dealkylation sites (N-methyl/N-ethyl adjacent to an activating group) is 1. The van der Waals surface area contributed by atoms with Crippen LogP contribution >= 0.6 is 17.9 Å². The molecule has 0 aromatic heterocycles. The molecule has 0 aliphatic heterocycles. The van der Waals surface area contributed by atoms with Crippen molar-refractivity contribution in [3.63, 3.8) is 0 Å². The summed E-state index contributed by atoms with van der Waals surface area (Å²) in [6.07, 6.45) is -1.06. The zero-order valence-electron chi connectivity index (χ0n) is 15.6. The minimum Gasteiger partial charge on any atom is -0.444 e. The molecule has 0 fully saturated rings. The summed E-state index contributed by atoms with van der Waals surface area (Å²) in [5, 5.41) is 0. The third-order valence-corrected chi connectivity index (χ3v) is 4.43. The first kappa shape index (κ1) is 22.5. The summed E-state index contributed by atoms with van der Waals surface area (Å²) < 4.78 is 11.0. The van der Waals surface area contributed by atoms with Gasteiger partial charge in [-0.3, -0.25) is 0 Å². The first-order valence-electron chi connectivity index (χ1n) is 8.06. The van der Waals surface area contributed by atoms with Gasteiger partial charge in [0.15, 0.2) is 0 Å². The van der Waals surface area contributed by atoms with Crippen LogP contribution in [0.1, 0.15) is 57.8 Å². The topological polar surface area (TPSA) is 59.0 Å². The van der Waals surface area contributed by atoms with Gasteiger partial charge in [-0.2, -0.15) is 0 Å². The second kappa shape index (κ2) is 8.87. The SMILES string of the molecule is CC(C)c1cccc(C(CN(C)C(=O)OC(C)(C)C)OP(O)(=S)S)c1. The Balaban J connectivity index is 3.03. The summed E-state index contributed by atoms with van der Waals surface area (Å²) in [6, 6.07) is 7.84. The molecule has 0 saturated heterocycles. The Morgan fingerprint density at radius 3 is 2.40 bits per heavy atom. The van der Waals surface area contributed by atoms with Gasteiger partial charge < -0.3 is 19.1 Å². The average molecular weight is 406 g/mol. The monoisotopic (exact) mass is 405 g/mol. The molecular formula is C17H28NO4PS2. The largest absolute Gasteiger partial charge is 0.444 e. The lowest BCUT2D eigenvalue weighted by atomic mass is 9.98. The summed E-state index contributed by atoms with van der Waals surface area (Å²) in [4.78, 5) is 23.5. The van der Waals surface area contributed by atoms with Crippen molar-refractivity contribution < 1.29 is 18.9 Å². The molecule has 0 bridgehead atoms. The highest BCUT2D eigenvalue weighted by Crippen LogP contribution is 2.51. The maximum absolute atomic E-state index is 12.2. The molecule has 2 atom stereocenters. The number of carbonyl (C=O) groups excluding carboxylic acids is 1. The van der Waals surface area contributed by atoms with Crippen molar-refractivity contribution >= 4 is 35.8 Å². The molecule has 0 spiro atoms. The van der Waals surface area contributed by atoms with E-state index in [4.69, 9.17) is 21.1 Å². The van der Waals surface area contributed by atoms with Crippen molar-refractivity contribution in [2.45, 2.75) is 52.2 Å². The van der Waals surface area contributed by atoms with Crippen LogP contribution in [0.3, 0.4) is 0 Å². The Bertz CT molecular complexity index is 640. The van der Waals surface area contributed by atoms with Gasteiger partial charge in [0, 0.05) is 7.05 Å². The number of hydrogen-bond donors (Lipinski definition) is 2. The molecule has 1 rings (SSSR count). The highest BCUT2D eigenvalue weighted by atomic mass is 32.9. The predicted octanol–water partition coefficient (Wildman–Crippen LogP) is 4.88. The Kier molecular flexibility index (Phi) is 7.96. The number of nitrogens with zero attached hydrogens (tertiary/aromatic N) is 1. The molecule has 25 heavy (non-hydrogen) atoms. The maximum atomic E-state index is 12.2. The summed E-state index contributed by atoms with van der Waals surface area (Å²) in [7, 11) is 1.62. The molecule has 5 nitrogen and oxygen atoms in total. The lowest BCUT2D eigenvalue weighted by Crippen LogP contribution is -2.36. The van der Waals surface area contributed by atoms with E-state index in [-0.39, 0.29) is 6.54 Å². The molecule has 0 aliphatic carbocycles. The first-order valence-corrected chi connectivity index (χ1v) is 11.9. The maximum Gasteiger partial charge on any atom is 0.410 e. The summed E-state index contributed by atoms with van der Waals surface area (Å²) in [5.74, 6) is 0.345. The van der Waals surface area contributed by atoms with Gasteiger partial charge in [-0.15, -0.1) is 0 Å². The minimum absolute atomic E-state index is 0.190. The average Bonchev–Trinajstić information content (AvgIpc) is 2.43. The van der Waals surface area contributed by atoms with Gasteiger partial charge in [0.2, 0.25) is 5.69 Å². The smallest absolute Gasteiger partial charge is 0.410 e. The Labute approximate surface area is 161 Å². The number of thiol groups is 1. The van der Waals surface area contributed by atoms with Gasteiger partial charge >= 0.3 is 6.09 Å². The van der Waals surface area contributed by atoms with Crippen molar-refractivity contribution in [2.75, 3.05) is 13.6 Å². The van der Waals surface area contributed by atoms with Crippen LogP contribution in [-0.2, 0) is 21.1 Å². The lowest BCUT2D eigenvalue weighted by Gasteiger charge is -2.29. The zero-order chi connectivity index (χ0) is 19.4. The summed E-state index contributed by atoms with van der Waals surface area (Å²) in [6.45, 7) is 9.80. The van der Waals surface area contributed by atoms with E-state index < -0.39 is 23.5 Å². The third-order valence-electron chi connectivity index (χ3n) is 3.36. The van der Waals surface area contributed by atoms with E-state index in [1.165, 1.54) is 4.90 Å². The first-order chi connectivity index (χ1) is 11.3. The number of carbonyl (C=O) groups is 1. The Hall–Kier alpha value is -0.590. The fourth-order valence-electron chi connectivity index (χ4n) is 2.15. The van der Waals surface area contributed by atoms with E-state index in [9.17, 15) is 9.69 Å². The van der Waals surface area contributed by atoms with Crippen LogP contribution in [0.5, 0.6) is 0 Å². The number of rotatable bonds is 6. The van der Waals surface area contributed by atoms with Gasteiger partial charge in [0.25, 0.3) is 0 Å². The number of ether oxygens (including phenoxy) is 1. The van der Waals surface area contributed by atoms with Crippen molar-refractivity contribution in [3.8, 4) is 0 Å². The molecule has 1 N–H and O–H groups in total. The standard InChI is InChI=1S/C17H28NO4PS2/c1-12(2)13-8-7-9-14(10-13)15(22-23(20,24)25)11-18(6)16(19)21-17(3,4)5/h7-10,12,15H,11H2,1-6H3,(H2,20,24,25). The molecule has 2 unspecified atom stereocenters. The molecule has 0 radical (unpaired) electrons. The van der Waals surface area contributed by atoms with Crippen molar-refractivity contribution in [1.29, 1.82) is 0 Å². The van der Waals surface area contributed by atoms with E-state index in [0.29, 0.717) is 5.92 Å². The van der Waals surface area contributed by atoms with Gasteiger partial charge in [0.1, 0.15) is 11.7 Å². The Morgan fingerprint density at radius 2 is 1.92 bits per heavy atom. The van der Waals surface area contributed by atoms with Crippen molar-refractivity contribution in [2.24, 2.45) is 0 Å². The van der Waals surface area contributed by atoms with E-state index in [0.717, 1.165) is 11.1 Å². The van der Waals surface area contributed by atoms with Gasteiger partial charge in [0.05, 0.1) is 6.54 Å². The van der Waals surface area contributed by atoms with E-state index >= 15 is 0 Å². The van der Waals surface area contributed by atoms with E-state index in [2.05, 4.69) is 26.1 Å². The normalized spacial score (nSPS) is 15.6. The summed E-state index contributed by atoms with van der Waals surface area (Å²) >= 11 is 8.90. The number of hydrogen-bond acceptors (Lipinski definition) is 4. The number of amides is 1. The van der Waals surface area contributed by atoms with Gasteiger partial charge in [-0.1, -0.05) is 50.4 Å². The molecular weight excluding hydrogens is 377 g/mol. The molecule has 0 heterocycles. The highest BCUT2D eigenvalue weighted by Gasteiger charge is 2.26. The van der Waals surface area contributed by atoms with Crippen LogP contribution in [0, 0.1) is 0 Å². The van der Waals surface area contributed by atoms with Crippen LogP contribution in [-0.4, -0.2) is 35.1 Å². The van der Waals surface area contributed by atoms with Crippen molar-refractivity contribution in [1.82, 2.24) is 4.90 Å². The van der Waals surface area contributed by atoms with Gasteiger partial charge in [-0.25, -0.2) is 4.79 Å². The van der Waals surface area contributed by atoms with Crippen LogP contribution in [0.25, 0.3) is 0 Å².